The number of hydrogen-bond acceptors (Lipinski definition) is 5. The fraction of sp³-hybridized carbons (Fsp3) is 0.467. The molecule has 0 unspecified atom stereocenters. The van der Waals surface area contributed by atoms with Crippen LogP contribution in [0, 0.1) is 5.92 Å². The molecule has 1 fully saturated rings. The number of benzene rings is 1. The lowest BCUT2D eigenvalue weighted by molar-refractivity contribution is -0.122. The van der Waals surface area contributed by atoms with Crippen molar-refractivity contribution in [1.82, 2.24) is 4.31 Å². The normalized spacial score (nSPS) is 16.6. The van der Waals surface area contributed by atoms with E-state index in [0.29, 0.717) is 18.5 Å². The lowest BCUT2D eigenvalue weighted by atomic mass is 9.98. The molecule has 0 spiro atoms. The van der Waals surface area contributed by atoms with Crippen LogP contribution in [0.5, 0.6) is 5.75 Å². The number of piperidine rings is 1. The number of methoxy groups -OCH3 is 1. The van der Waals surface area contributed by atoms with Gasteiger partial charge in [0.05, 0.1) is 17.7 Å². The Balaban J connectivity index is 2.23. The zero-order chi connectivity index (χ0) is 17.9. The van der Waals surface area contributed by atoms with Crippen molar-refractivity contribution in [2.24, 2.45) is 11.7 Å². The van der Waals surface area contributed by atoms with Crippen LogP contribution in [0.25, 0.3) is 0 Å². The molecule has 0 bridgehead atoms. The number of carbonyl (C=O) groups is 2. The third-order valence-corrected chi connectivity index (χ3v) is 5.87. The van der Waals surface area contributed by atoms with E-state index in [9.17, 15) is 18.0 Å². The predicted octanol–water partition coefficient (Wildman–Crippen LogP) is 0.540. The Labute approximate surface area is 141 Å². The van der Waals surface area contributed by atoms with Gasteiger partial charge in [0.1, 0.15) is 5.75 Å². The number of nitrogens with one attached hydrogen (secondary N) is 1. The minimum atomic E-state index is -3.70. The number of primary amides is 1. The van der Waals surface area contributed by atoms with Gasteiger partial charge in [0.15, 0.2) is 0 Å². The molecule has 9 heteroatoms. The Morgan fingerprint density at radius 1 is 1.29 bits per heavy atom. The van der Waals surface area contributed by atoms with Gasteiger partial charge in [-0.3, -0.25) is 9.59 Å². The largest absolute Gasteiger partial charge is 0.495 e. The number of ether oxygens (including phenoxy) is 1. The first kappa shape index (κ1) is 18.2. The zero-order valence-electron chi connectivity index (χ0n) is 13.6. The van der Waals surface area contributed by atoms with Crippen molar-refractivity contribution in [3.8, 4) is 5.75 Å². The molecule has 1 aliphatic heterocycles. The smallest absolute Gasteiger partial charge is 0.243 e. The Hall–Kier alpha value is -2.13. The molecule has 0 radical (unpaired) electrons. The third kappa shape index (κ3) is 3.85. The summed E-state index contributed by atoms with van der Waals surface area (Å²) in [5, 5.41) is 2.58. The lowest BCUT2D eigenvalue weighted by Crippen LogP contribution is -2.41. The van der Waals surface area contributed by atoms with Gasteiger partial charge < -0.3 is 15.8 Å². The second-order valence-electron chi connectivity index (χ2n) is 5.62. The molecule has 0 aliphatic carbocycles. The molecule has 0 atom stereocenters. The number of amides is 2. The number of nitrogens with two attached hydrogens (primary N) is 1. The van der Waals surface area contributed by atoms with E-state index in [4.69, 9.17) is 10.5 Å². The average molecular weight is 355 g/mol. The van der Waals surface area contributed by atoms with Crippen molar-refractivity contribution in [3.05, 3.63) is 18.2 Å². The van der Waals surface area contributed by atoms with Crippen molar-refractivity contribution >= 4 is 27.5 Å². The molecule has 2 rings (SSSR count). The van der Waals surface area contributed by atoms with Crippen LogP contribution in [0.1, 0.15) is 19.8 Å². The molecule has 0 aromatic heterocycles. The highest BCUT2D eigenvalue weighted by Gasteiger charge is 2.31. The standard InChI is InChI=1S/C15H21N3O5S/c1-10(19)17-13-4-3-12(9-14(13)23-2)24(21,22)18-7-5-11(6-8-18)15(16)20/h3-4,9,11H,5-8H2,1-2H3,(H2,16,20)(H,17,19). The minimum Gasteiger partial charge on any atom is -0.495 e. The molecule has 1 saturated heterocycles. The number of rotatable bonds is 5. The van der Waals surface area contributed by atoms with Gasteiger partial charge >= 0.3 is 0 Å². The first-order chi connectivity index (χ1) is 11.3. The highest BCUT2D eigenvalue weighted by atomic mass is 32.2. The van der Waals surface area contributed by atoms with Crippen LogP contribution in [0.2, 0.25) is 0 Å². The van der Waals surface area contributed by atoms with E-state index >= 15 is 0 Å². The summed E-state index contributed by atoms with van der Waals surface area (Å²) in [6, 6.07) is 4.29. The van der Waals surface area contributed by atoms with Gasteiger partial charge in [0.25, 0.3) is 0 Å². The highest BCUT2D eigenvalue weighted by molar-refractivity contribution is 7.89. The summed E-state index contributed by atoms with van der Waals surface area (Å²) < 4.78 is 32.0. The quantitative estimate of drug-likeness (QED) is 0.799. The zero-order valence-corrected chi connectivity index (χ0v) is 14.4. The van der Waals surface area contributed by atoms with Crippen molar-refractivity contribution in [1.29, 1.82) is 0 Å². The van der Waals surface area contributed by atoms with Gasteiger partial charge in [-0.25, -0.2) is 8.42 Å². The van der Waals surface area contributed by atoms with Crippen LogP contribution < -0.4 is 15.8 Å². The number of carbonyl (C=O) groups excluding carboxylic acids is 2. The second-order valence-corrected chi connectivity index (χ2v) is 7.56. The Morgan fingerprint density at radius 2 is 1.92 bits per heavy atom. The third-order valence-electron chi connectivity index (χ3n) is 3.98. The summed E-state index contributed by atoms with van der Waals surface area (Å²) in [6.45, 7) is 1.84. The molecule has 132 valence electrons. The molecule has 3 N–H and O–H groups in total. The van der Waals surface area contributed by atoms with Crippen LogP contribution in [-0.4, -0.2) is 44.7 Å². The fourth-order valence-electron chi connectivity index (χ4n) is 2.65. The summed E-state index contributed by atoms with van der Waals surface area (Å²) in [6.07, 6.45) is 0.825. The molecule has 24 heavy (non-hydrogen) atoms. The van der Waals surface area contributed by atoms with Gasteiger partial charge in [-0.2, -0.15) is 4.31 Å². The highest BCUT2D eigenvalue weighted by Crippen LogP contribution is 2.30. The van der Waals surface area contributed by atoms with Crippen molar-refractivity contribution < 1.29 is 22.7 Å². The van der Waals surface area contributed by atoms with Gasteiger partial charge in [-0.05, 0) is 25.0 Å². The molecular weight excluding hydrogens is 334 g/mol. The topological polar surface area (TPSA) is 119 Å². The van der Waals surface area contributed by atoms with Crippen molar-refractivity contribution in [2.45, 2.75) is 24.7 Å². The van der Waals surface area contributed by atoms with E-state index in [0.717, 1.165) is 0 Å². The average Bonchev–Trinajstić information content (AvgIpc) is 2.54. The molecule has 8 nitrogen and oxygen atoms in total. The van der Waals surface area contributed by atoms with Crippen molar-refractivity contribution in [3.63, 3.8) is 0 Å². The molecule has 0 saturated carbocycles. The predicted molar refractivity (Wildman–Crippen MR) is 88.0 cm³/mol. The second kappa shape index (κ2) is 7.18. The first-order valence-electron chi connectivity index (χ1n) is 7.50. The fourth-order valence-corrected chi connectivity index (χ4v) is 4.14. The van der Waals surface area contributed by atoms with Crippen molar-refractivity contribution in [2.75, 3.05) is 25.5 Å². The van der Waals surface area contributed by atoms with Gasteiger partial charge in [-0.1, -0.05) is 0 Å². The minimum absolute atomic E-state index is 0.0750. The Morgan fingerprint density at radius 3 is 2.42 bits per heavy atom. The molecule has 1 aliphatic rings. The number of hydrogen-bond donors (Lipinski definition) is 2. The maximum atomic E-state index is 12.7. The van der Waals surface area contributed by atoms with Crippen LogP contribution in [-0.2, 0) is 19.6 Å². The molecular formula is C15H21N3O5S. The molecule has 1 aromatic carbocycles. The van der Waals surface area contributed by atoms with E-state index < -0.39 is 15.9 Å². The molecule has 1 aromatic rings. The molecule has 2 amide bonds. The van der Waals surface area contributed by atoms with E-state index in [1.165, 1.54) is 36.5 Å². The molecule has 1 heterocycles. The summed E-state index contributed by atoms with van der Waals surface area (Å²) >= 11 is 0. The summed E-state index contributed by atoms with van der Waals surface area (Å²) in [7, 11) is -2.30. The van der Waals surface area contributed by atoms with E-state index in [1.807, 2.05) is 0 Å². The van der Waals surface area contributed by atoms with Crippen LogP contribution in [0.3, 0.4) is 0 Å². The number of nitrogens with zero attached hydrogens (tertiary/aromatic N) is 1. The maximum absolute atomic E-state index is 12.7. The van der Waals surface area contributed by atoms with Crippen LogP contribution in [0.15, 0.2) is 23.1 Å². The summed E-state index contributed by atoms with van der Waals surface area (Å²) in [5.74, 6) is -0.697. The Bertz CT molecular complexity index is 739. The van der Waals surface area contributed by atoms with Gasteiger partial charge in [-0.15, -0.1) is 0 Å². The van der Waals surface area contributed by atoms with E-state index in [2.05, 4.69) is 5.32 Å². The first-order valence-corrected chi connectivity index (χ1v) is 8.95. The Kier molecular flexibility index (Phi) is 5.45. The number of anilines is 1. The van der Waals surface area contributed by atoms with Gasteiger partial charge in [0.2, 0.25) is 21.8 Å². The van der Waals surface area contributed by atoms with E-state index in [-0.39, 0.29) is 35.6 Å². The number of sulfonamides is 1. The summed E-state index contributed by atoms with van der Waals surface area (Å²) in [5.41, 5.74) is 5.67. The van der Waals surface area contributed by atoms with Crippen LogP contribution >= 0.6 is 0 Å². The maximum Gasteiger partial charge on any atom is 0.243 e. The van der Waals surface area contributed by atoms with E-state index in [1.54, 1.807) is 0 Å². The lowest BCUT2D eigenvalue weighted by Gasteiger charge is -2.29. The SMILES string of the molecule is COc1cc(S(=O)(=O)N2CCC(C(N)=O)CC2)ccc1NC(C)=O. The summed E-state index contributed by atoms with van der Waals surface area (Å²) in [4.78, 5) is 22.4. The van der Waals surface area contributed by atoms with Crippen LogP contribution in [0.4, 0.5) is 5.69 Å². The van der Waals surface area contributed by atoms with Gasteiger partial charge in [0, 0.05) is 32.0 Å². The monoisotopic (exact) mass is 355 g/mol.